The fourth-order valence-electron chi connectivity index (χ4n) is 2.31. The van der Waals surface area contributed by atoms with Gasteiger partial charge in [-0.25, -0.2) is 9.18 Å². The smallest absolute Gasteiger partial charge is 0.240 e. The van der Waals surface area contributed by atoms with Crippen LogP contribution in [0.25, 0.3) is 0 Å². The predicted octanol–water partition coefficient (Wildman–Crippen LogP) is 3.65. The number of halogens is 1. The lowest BCUT2D eigenvalue weighted by Gasteiger charge is -2.26. The SMILES string of the molecule is O=C=Nc1ccc(C2CCCCC2F)cc1. The number of rotatable bonds is 2. The van der Waals surface area contributed by atoms with Crippen molar-refractivity contribution in [3.8, 4) is 0 Å². The Bertz CT molecular complexity index is 395. The van der Waals surface area contributed by atoms with E-state index in [2.05, 4.69) is 4.99 Å². The highest BCUT2D eigenvalue weighted by Crippen LogP contribution is 2.35. The maximum atomic E-state index is 13.7. The summed E-state index contributed by atoms with van der Waals surface area (Å²) in [5.74, 6) is 0.0167. The van der Waals surface area contributed by atoms with Crippen LogP contribution in [-0.2, 0) is 4.79 Å². The summed E-state index contributed by atoms with van der Waals surface area (Å²) in [6.07, 6.45) is 4.43. The zero-order chi connectivity index (χ0) is 11.4. The third kappa shape index (κ3) is 2.37. The van der Waals surface area contributed by atoms with Crippen LogP contribution in [0, 0.1) is 0 Å². The van der Waals surface area contributed by atoms with Crippen LogP contribution in [0.2, 0.25) is 0 Å². The minimum absolute atomic E-state index is 0.0167. The second-order valence-electron chi connectivity index (χ2n) is 4.20. The van der Waals surface area contributed by atoms with Crippen molar-refractivity contribution in [3.63, 3.8) is 0 Å². The van der Waals surface area contributed by atoms with Crippen molar-refractivity contribution in [2.75, 3.05) is 0 Å². The summed E-state index contributed by atoms with van der Waals surface area (Å²) >= 11 is 0. The van der Waals surface area contributed by atoms with Gasteiger partial charge in [0.2, 0.25) is 6.08 Å². The highest BCUT2D eigenvalue weighted by Gasteiger charge is 2.25. The van der Waals surface area contributed by atoms with Crippen LogP contribution < -0.4 is 0 Å². The number of aliphatic imine (C=N–C) groups is 1. The van der Waals surface area contributed by atoms with Gasteiger partial charge in [-0.3, -0.25) is 0 Å². The van der Waals surface area contributed by atoms with E-state index in [1.54, 1.807) is 12.1 Å². The molecule has 1 aromatic rings. The van der Waals surface area contributed by atoms with Crippen molar-refractivity contribution < 1.29 is 9.18 Å². The van der Waals surface area contributed by atoms with Crippen molar-refractivity contribution >= 4 is 11.8 Å². The molecule has 0 aliphatic heterocycles. The van der Waals surface area contributed by atoms with E-state index in [1.165, 1.54) is 6.08 Å². The van der Waals surface area contributed by atoms with E-state index >= 15 is 0 Å². The van der Waals surface area contributed by atoms with Gasteiger partial charge in [0.15, 0.2) is 0 Å². The van der Waals surface area contributed by atoms with Crippen molar-refractivity contribution in [2.45, 2.75) is 37.8 Å². The highest BCUT2D eigenvalue weighted by atomic mass is 19.1. The minimum atomic E-state index is -0.728. The monoisotopic (exact) mass is 219 g/mol. The van der Waals surface area contributed by atoms with Crippen LogP contribution in [0.3, 0.4) is 0 Å². The molecule has 0 N–H and O–H groups in total. The molecular formula is C13H14FNO. The third-order valence-corrected chi connectivity index (χ3v) is 3.18. The first kappa shape index (κ1) is 11.0. The number of hydrogen-bond acceptors (Lipinski definition) is 2. The zero-order valence-electron chi connectivity index (χ0n) is 9.03. The molecule has 84 valence electrons. The summed E-state index contributed by atoms with van der Waals surface area (Å²) in [5.41, 5.74) is 1.59. The number of carbonyl (C=O) groups excluding carboxylic acids is 1. The van der Waals surface area contributed by atoms with Gasteiger partial charge in [0.05, 0.1) is 5.69 Å². The maximum Gasteiger partial charge on any atom is 0.240 e. The summed E-state index contributed by atoms with van der Waals surface area (Å²) in [4.78, 5) is 13.6. The Morgan fingerprint density at radius 3 is 2.50 bits per heavy atom. The summed E-state index contributed by atoms with van der Waals surface area (Å²) in [6, 6.07) is 7.20. The first-order valence-electron chi connectivity index (χ1n) is 5.63. The van der Waals surface area contributed by atoms with Crippen molar-refractivity contribution in [3.05, 3.63) is 29.8 Å². The molecule has 0 aromatic heterocycles. The number of nitrogens with zero attached hydrogens (tertiary/aromatic N) is 1. The van der Waals surface area contributed by atoms with Crippen molar-refractivity contribution in [1.29, 1.82) is 0 Å². The Morgan fingerprint density at radius 2 is 1.88 bits per heavy atom. The highest BCUT2D eigenvalue weighted by molar-refractivity contribution is 5.49. The van der Waals surface area contributed by atoms with E-state index in [4.69, 9.17) is 0 Å². The molecule has 1 aromatic carbocycles. The zero-order valence-corrected chi connectivity index (χ0v) is 9.03. The molecule has 2 nitrogen and oxygen atoms in total. The first-order valence-corrected chi connectivity index (χ1v) is 5.63. The molecule has 0 spiro atoms. The Labute approximate surface area is 94.2 Å². The standard InChI is InChI=1S/C13H14FNO/c14-13-4-2-1-3-12(13)10-5-7-11(8-6-10)15-9-16/h5-8,12-13H,1-4H2. The summed E-state index contributed by atoms with van der Waals surface area (Å²) in [6.45, 7) is 0. The Kier molecular flexibility index (Phi) is 3.47. The van der Waals surface area contributed by atoms with Crippen LogP contribution in [0.1, 0.15) is 37.2 Å². The first-order chi connectivity index (χ1) is 7.81. The van der Waals surface area contributed by atoms with Gasteiger partial charge in [0, 0.05) is 5.92 Å². The van der Waals surface area contributed by atoms with Gasteiger partial charge in [0.25, 0.3) is 0 Å². The lowest BCUT2D eigenvalue weighted by Crippen LogP contribution is -2.18. The van der Waals surface area contributed by atoms with Gasteiger partial charge in [-0.05, 0) is 30.5 Å². The van der Waals surface area contributed by atoms with Crippen molar-refractivity contribution in [1.82, 2.24) is 0 Å². The van der Waals surface area contributed by atoms with E-state index in [1.807, 2.05) is 12.1 Å². The fraction of sp³-hybridized carbons (Fsp3) is 0.462. The second-order valence-corrected chi connectivity index (χ2v) is 4.20. The predicted molar refractivity (Wildman–Crippen MR) is 60.3 cm³/mol. The maximum absolute atomic E-state index is 13.7. The van der Waals surface area contributed by atoms with Gasteiger partial charge in [-0.2, -0.15) is 4.99 Å². The molecule has 16 heavy (non-hydrogen) atoms. The largest absolute Gasteiger partial charge is 0.247 e. The van der Waals surface area contributed by atoms with E-state index < -0.39 is 6.17 Å². The number of benzene rings is 1. The Balaban J connectivity index is 2.16. The molecule has 0 saturated heterocycles. The van der Waals surface area contributed by atoms with Gasteiger partial charge < -0.3 is 0 Å². The summed E-state index contributed by atoms with van der Waals surface area (Å²) < 4.78 is 13.7. The Morgan fingerprint density at radius 1 is 1.19 bits per heavy atom. The average molecular weight is 219 g/mol. The number of alkyl halides is 1. The van der Waals surface area contributed by atoms with Gasteiger partial charge in [-0.15, -0.1) is 0 Å². The molecule has 3 heteroatoms. The molecule has 0 heterocycles. The van der Waals surface area contributed by atoms with E-state index in [0.717, 1.165) is 24.8 Å². The molecule has 1 aliphatic rings. The second kappa shape index (κ2) is 5.04. The molecule has 1 fully saturated rings. The van der Waals surface area contributed by atoms with E-state index in [9.17, 15) is 9.18 Å². The molecule has 0 radical (unpaired) electrons. The fourth-order valence-corrected chi connectivity index (χ4v) is 2.31. The van der Waals surface area contributed by atoms with Gasteiger partial charge >= 0.3 is 0 Å². The third-order valence-electron chi connectivity index (χ3n) is 3.18. The van der Waals surface area contributed by atoms with Crippen LogP contribution in [0.4, 0.5) is 10.1 Å². The molecule has 0 amide bonds. The molecule has 1 saturated carbocycles. The lowest BCUT2D eigenvalue weighted by molar-refractivity contribution is 0.216. The topological polar surface area (TPSA) is 29.4 Å². The quantitative estimate of drug-likeness (QED) is 0.551. The van der Waals surface area contributed by atoms with Gasteiger partial charge in [-0.1, -0.05) is 25.0 Å². The minimum Gasteiger partial charge on any atom is -0.247 e. The number of hydrogen-bond donors (Lipinski definition) is 0. The van der Waals surface area contributed by atoms with E-state index in [0.29, 0.717) is 12.1 Å². The normalized spacial score (nSPS) is 24.8. The van der Waals surface area contributed by atoms with E-state index in [-0.39, 0.29) is 5.92 Å². The summed E-state index contributed by atoms with van der Waals surface area (Å²) in [5, 5.41) is 0. The average Bonchev–Trinajstić information content (AvgIpc) is 2.31. The molecule has 1 aliphatic carbocycles. The Hall–Kier alpha value is -1.47. The van der Waals surface area contributed by atoms with Crippen LogP contribution >= 0.6 is 0 Å². The number of isocyanates is 1. The molecule has 0 bridgehead atoms. The molecular weight excluding hydrogens is 205 g/mol. The van der Waals surface area contributed by atoms with Crippen LogP contribution in [-0.4, -0.2) is 12.3 Å². The molecule has 2 unspecified atom stereocenters. The molecule has 2 rings (SSSR count). The lowest BCUT2D eigenvalue weighted by atomic mass is 9.82. The van der Waals surface area contributed by atoms with Crippen LogP contribution in [0.5, 0.6) is 0 Å². The van der Waals surface area contributed by atoms with Crippen molar-refractivity contribution in [2.24, 2.45) is 4.99 Å². The van der Waals surface area contributed by atoms with Gasteiger partial charge in [0.1, 0.15) is 6.17 Å². The van der Waals surface area contributed by atoms with Crippen LogP contribution in [0.15, 0.2) is 29.3 Å². The molecule has 2 atom stereocenters. The summed E-state index contributed by atoms with van der Waals surface area (Å²) in [7, 11) is 0.